The summed E-state index contributed by atoms with van der Waals surface area (Å²) in [5.74, 6) is 3.30. The molecular weight excluding hydrogens is 285 g/mol. The van der Waals surface area contributed by atoms with Crippen LogP contribution in [0.15, 0.2) is 0 Å². The largest absolute Gasteiger partial charge is 0.343 e. The van der Waals surface area contributed by atoms with Crippen molar-refractivity contribution in [2.24, 2.45) is 23.7 Å². The minimum atomic E-state index is 0. The molecule has 1 nitrogen and oxygen atoms in total. The van der Waals surface area contributed by atoms with Crippen LogP contribution in [0.5, 0.6) is 0 Å². The van der Waals surface area contributed by atoms with Crippen LogP contribution in [0.2, 0.25) is 0 Å². The van der Waals surface area contributed by atoms with Crippen molar-refractivity contribution in [3.8, 4) is 0 Å². The fourth-order valence-corrected chi connectivity index (χ4v) is 3.54. The van der Waals surface area contributed by atoms with E-state index in [0.717, 1.165) is 37.0 Å². The Bertz CT molecular complexity index is 243. The van der Waals surface area contributed by atoms with Gasteiger partial charge in [-0.15, -0.1) is 0 Å². The normalized spacial score (nSPS) is 38.6. The zero-order chi connectivity index (χ0) is 11.5. The Morgan fingerprint density at radius 3 is 2.18 bits per heavy atom. The first-order valence-electron chi connectivity index (χ1n) is 7.02. The first kappa shape index (κ1) is 15.8. The number of carbonyl (C=O) groups excluding carboxylic acids is 1. The Hall–Kier alpha value is 0.774. The van der Waals surface area contributed by atoms with E-state index in [-0.39, 0.29) is 32.7 Å². The van der Waals surface area contributed by atoms with Gasteiger partial charge in [-0.05, 0) is 37.5 Å². The third-order valence-corrected chi connectivity index (χ3v) is 4.95. The number of hydrogen-bond donors (Lipinski definition) is 0. The summed E-state index contributed by atoms with van der Waals surface area (Å²) in [4.78, 5) is 11.8. The molecule has 2 rings (SSSR count). The van der Waals surface area contributed by atoms with Gasteiger partial charge in [-0.3, -0.25) is 4.79 Å². The fraction of sp³-hybridized carbons (Fsp3) is 0.867. The van der Waals surface area contributed by atoms with Crippen LogP contribution in [0, 0.1) is 30.6 Å². The smallest absolute Gasteiger partial charge is 0.135 e. The van der Waals surface area contributed by atoms with Crippen molar-refractivity contribution in [3.63, 3.8) is 0 Å². The van der Waals surface area contributed by atoms with E-state index >= 15 is 0 Å². The molecule has 0 aromatic carbocycles. The second-order valence-electron chi connectivity index (χ2n) is 5.98. The van der Waals surface area contributed by atoms with Gasteiger partial charge >= 0.3 is 0 Å². The molecule has 17 heavy (non-hydrogen) atoms. The Labute approximate surface area is 131 Å². The molecule has 0 aromatic rings. The van der Waals surface area contributed by atoms with Gasteiger partial charge in [0.15, 0.2) is 0 Å². The Morgan fingerprint density at radius 2 is 1.65 bits per heavy atom. The topological polar surface area (TPSA) is 17.1 Å². The molecule has 0 saturated heterocycles. The van der Waals surface area contributed by atoms with E-state index < -0.39 is 0 Å². The molecule has 0 aliphatic heterocycles. The Kier molecular flexibility index (Phi) is 6.88. The van der Waals surface area contributed by atoms with Crippen LogP contribution >= 0.6 is 0 Å². The van der Waals surface area contributed by atoms with Crippen molar-refractivity contribution in [1.82, 2.24) is 0 Å². The second-order valence-corrected chi connectivity index (χ2v) is 5.98. The monoisotopic (exact) mass is 310 g/mol. The predicted octanol–water partition coefficient (Wildman–Crippen LogP) is 4.02. The van der Waals surface area contributed by atoms with Crippen molar-refractivity contribution in [1.29, 1.82) is 0 Å². The number of carbonyl (C=O) groups is 1. The summed E-state index contributed by atoms with van der Waals surface area (Å²) in [6.07, 6.45) is 9.83. The molecule has 1 radical (unpaired) electrons. The van der Waals surface area contributed by atoms with Crippen LogP contribution in [0.1, 0.15) is 58.3 Å². The van der Waals surface area contributed by atoms with Crippen LogP contribution in [0.25, 0.3) is 0 Å². The average molecular weight is 310 g/mol. The van der Waals surface area contributed by atoms with E-state index in [2.05, 4.69) is 13.8 Å². The molecule has 0 amide bonds. The number of Topliss-reactive ketones (excluding diaryl/α,β-unsaturated/α-hetero) is 1. The fourth-order valence-electron chi connectivity index (χ4n) is 3.54. The first-order valence-corrected chi connectivity index (χ1v) is 7.02. The number of rotatable bonds is 2. The van der Waals surface area contributed by atoms with Crippen LogP contribution < -0.4 is 0 Å². The maximum atomic E-state index is 11.8. The molecule has 0 unspecified atom stereocenters. The van der Waals surface area contributed by atoms with Crippen molar-refractivity contribution in [2.75, 3.05) is 0 Å². The summed E-state index contributed by atoms with van der Waals surface area (Å²) in [5, 5.41) is 0. The number of hydrogen-bond acceptors (Lipinski definition) is 1. The zero-order valence-electron chi connectivity index (χ0n) is 11.2. The average Bonchev–Trinajstić information content (AvgIpc) is 2.33. The van der Waals surface area contributed by atoms with Crippen molar-refractivity contribution >= 4 is 5.78 Å². The molecule has 0 N–H and O–H groups in total. The van der Waals surface area contributed by atoms with Crippen LogP contribution in [0.3, 0.4) is 0 Å². The van der Waals surface area contributed by atoms with Gasteiger partial charge in [0.1, 0.15) is 5.78 Å². The third-order valence-electron chi connectivity index (χ3n) is 4.95. The van der Waals surface area contributed by atoms with E-state index in [1.165, 1.54) is 32.1 Å². The van der Waals surface area contributed by atoms with E-state index in [4.69, 9.17) is 0 Å². The van der Waals surface area contributed by atoms with E-state index in [0.29, 0.717) is 11.7 Å². The molecule has 0 aromatic heterocycles. The van der Waals surface area contributed by atoms with Gasteiger partial charge in [0, 0.05) is 45.0 Å². The van der Waals surface area contributed by atoms with Gasteiger partial charge in [-0.2, -0.15) is 6.42 Å². The summed E-state index contributed by atoms with van der Waals surface area (Å²) in [6, 6.07) is 0. The van der Waals surface area contributed by atoms with Gasteiger partial charge < -0.3 is 6.92 Å². The molecule has 0 spiro atoms. The first-order chi connectivity index (χ1) is 7.70. The van der Waals surface area contributed by atoms with Gasteiger partial charge in [-0.25, -0.2) is 0 Å². The predicted molar refractivity (Wildman–Crippen MR) is 66.9 cm³/mol. The molecule has 2 fully saturated rings. The molecule has 0 bridgehead atoms. The maximum Gasteiger partial charge on any atom is 0.135 e. The summed E-state index contributed by atoms with van der Waals surface area (Å²) in [7, 11) is 0. The Morgan fingerprint density at radius 1 is 1.06 bits per heavy atom. The van der Waals surface area contributed by atoms with Crippen LogP contribution in [-0.2, 0) is 37.5 Å². The summed E-state index contributed by atoms with van der Waals surface area (Å²) >= 11 is 0. The molecule has 2 heteroatoms. The minimum absolute atomic E-state index is 0. The van der Waals surface area contributed by atoms with Crippen LogP contribution in [0.4, 0.5) is 0 Å². The molecule has 2 atom stereocenters. The standard InChI is InChI=1S/C15H25O.Y/c1-3-12-5-8-13(9-6-12)14-7-4-11(2)15(16)10-14;/h11-14H,1,3-10H2,2H3;/q-1;/t11-,12?,13?,14-;/m1./s1. The van der Waals surface area contributed by atoms with E-state index in [1.54, 1.807) is 0 Å². The van der Waals surface area contributed by atoms with Gasteiger partial charge in [-0.1, -0.05) is 25.7 Å². The molecular formula is C15H25OY-. The molecule has 0 heterocycles. The summed E-state index contributed by atoms with van der Waals surface area (Å²) < 4.78 is 0. The maximum absolute atomic E-state index is 11.8. The quantitative estimate of drug-likeness (QED) is 0.704. The molecule has 2 saturated carbocycles. The van der Waals surface area contributed by atoms with Crippen molar-refractivity contribution < 1.29 is 37.5 Å². The summed E-state index contributed by atoms with van der Waals surface area (Å²) in [6.45, 7) is 6.11. The SMILES string of the molecule is [CH2-]CC1CCC([C@@H]2CC[C@@H](C)C(=O)C2)CC1.[Y]. The van der Waals surface area contributed by atoms with Gasteiger partial charge in [0.25, 0.3) is 0 Å². The van der Waals surface area contributed by atoms with Crippen molar-refractivity contribution in [2.45, 2.75) is 58.3 Å². The Balaban J connectivity index is 0.00000144. The van der Waals surface area contributed by atoms with Crippen LogP contribution in [-0.4, -0.2) is 5.78 Å². The zero-order valence-corrected chi connectivity index (χ0v) is 14.0. The molecule has 2 aliphatic rings. The summed E-state index contributed by atoms with van der Waals surface area (Å²) in [5.41, 5.74) is 0. The minimum Gasteiger partial charge on any atom is -0.343 e. The van der Waals surface area contributed by atoms with Gasteiger partial charge in [0.05, 0.1) is 0 Å². The van der Waals surface area contributed by atoms with E-state index in [1.807, 2.05) is 0 Å². The molecule has 2 aliphatic carbocycles. The van der Waals surface area contributed by atoms with E-state index in [9.17, 15) is 4.79 Å². The van der Waals surface area contributed by atoms with Gasteiger partial charge in [0.2, 0.25) is 0 Å². The third kappa shape index (κ3) is 4.13. The van der Waals surface area contributed by atoms with Crippen molar-refractivity contribution in [3.05, 3.63) is 6.92 Å². The number of ketones is 1. The second kappa shape index (κ2) is 7.38. The molecule has 95 valence electrons.